The minimum Gasteiger partial charge on any atom is -0.463 e. The van der Waals surface area contributed by atoms with E-state index in [1.807, 2.05) is 13.8 Å². The van der Waals surface area contributed by atoms with Crippen LogP contribution in [0, 0.1) is 13.8 Å². The Kier molecular flexibility index (Phi) is 6.21. The van der Waals surface area contributed by atoms with Crippen molar-refractivity contribution in [3.8, 4) is 0 Å². The summed E-state index contributed by atoms with van der Waals surface area (Å²) in [5.41, 5.74) is 1.79. The van der Waals surface area contributed by atoms with Gasteiger partial charge in [-0.25, -0.2) is 0 Å². The monoisotopic (exact) mass is 282 g/mol. The van der Waals surface area contributed by atoms with Crippen molar-refractivity contribution in [3.05, 3.63) is 17.0 Å². The van der Waals surface area contributed by atoms with Gasteiger partial charge in [0.1, 0.15) is 5.76 Å². The van der Waals surface area contributed by atoms with Crippen LogP contribution in [0.5, 0.6) is 0 Å². The predicted molar refractivity (Wildman–Crippen MR) is 73.2 cm³/mol. The maximum Gasteiger partial charge on any atom is 0.307 e. The van der Waals surface area contributed by atoms with Crippen LogP contribution in [-0.4, -0.2) is 29.7 Å². The molecule has 1 heterocycles. The van der Waals surface area contributed by atoms with Crippen molar-refractivity contribution in [2.45, 2.75) is 53.1 Å². The summed E-state index contributed by atoms with van der Waals surface area (Å²) in [4.78, 5) is 22.9. The molecule has 0 saturated heterocycles. The predicted octanol–water partition coefficient (Wildman–Crippen LogP) is 1.68. The molecule has 1 rings (SSSR count). The Balaban J connectivity index is 2.23. The second-order valence-corrected chi connectivity index (χ2v) is 4.94. The number of hydrogen-bond donors (Lipinski definition) is 1. The number of ether oxygens (including phenoxy) is 1. The van der Waals surface area contributed by atoms with Gasteiger partial charge in [0.05, 0.1) is 18.2 Å². The summed E-state index contributed by atoms with van der Waals surface area (Å²) in [5.74, 6) is 0.351. The van der Waals surface area contributed by atoms with Crippen molar-refractivity contribution in [1.82, 2.24) is 10.5 Å². The van der Waals surface area contributed by atoms with Gasteiger partial charge in [-0.15, -0.1) is 0 Å². The number of carbonyl (C=O) groups excluding carboxylic acids is 2. The minimum atomic E-state index is -0.300. The molecule has 1 aromatic rings. The molecule has 20 heavy (non-hydrogen) atoms. The summed E-state index contributed by atoms with van der Waals surface area (Å²) < 4.78 is 10.0. The average Bonchev–Trinajstić information content (AvgIpc) is 2.65. The second-order valence-electron chi connectivity index (χ2n) is 4.94. The number of aryl methyl sites for hydroxylation is 2. The van der Waals surface area contributed by atoms with Gasteiger partial charge in [0.2, 0.25) is 5.91 Å². The smallest absolute Gasteiger partial charge is 0.307 e. The van der Waals surface area contributed by atoms with Gasteiger partial charge in [0, 0.05) is 18.5 Å². The summed E-state index contributed by atoms with van der Waals surface area (Å²) in [6.45, 7) is 7.56. The molecule has 1 N–H and O–H groups in total. The number of nitrogens with zero attached hydrogens (tertiary/aromatic N) is 1. The molecule has 0 unspecified atom stereocenters. The van der Waals surface area contributed by atoms with E-state index in [2.05, 4.69) is 10.5 Å². The first-order valence-electron chi connectivity index (χ1n) is 6.78. The van der Waals surface area contributed by atoms with Crippen molar-refractivity contribution in [2.75, 3.05) is 6.54 Å². The number of esters is 1. The Morgan fingerprint density at radius 3 is 2.55 bits per heavy atom. The summed E-state index contributed by atoms with van der Waals surface area (Å²) in [6, 6.07) is 0. The fourth-order valence-electron chi connectivity index (χ4n) is 1.81. The first-order chi connectivity index (χ1) is 9.40. The number of aromatic nitrogens is 1. The Hall–Kier alpha value is -1.85. The van der Waals surface area contributed by atoms with Crippen molar-refractivity contribution in [2.24, 2.45) is 0 Å². The number of amides is 1. The molecule has 112 valence electrons. The summed E-state index contributed by atoms with van der Waals surface area (Å²) in [5, 5.41) is 6.54. The normalized spacial score (nSPS) is 10.7. The van der Waals surface area contributed by atoms with Crippen molar-refractivity contribution in [1.29, 1.82) is 0 Å². The molecule has 0 aliphatic carbocycles. The van der Waals surface area contributed by atoms with Gasteiger partial charge in [0.25, 0.3) is 0 Å². The van der Waals surface area contributed by atoms with Crippen LogP contribution in [0.3, 0.4) is 0 Å². The maximum absolute atomic E-state index is 11.7. The first kappa shape index (κ1) is 16.2. The topological polar surface area (TPSA) is 81.4 Å². The van der Waals surface area contributed by atoms with Gasteiger partial charge in [-0.05, 0) is 34.1 Å². The molecule has 0 aliphatic rings. The van der Waals surface area contributed by atoms with Crippen LogP contribution in [0.15, 0.2) is 4.52 Å². The van der Waals surface area contributed by atoms with E-state index in [1.54, 1.807) is 13.8 Å². The molecule has 0 atom stereocenters. The average molecular weight is 282 g/mol. The highest BCUT2D eigenvalue weighted by Gasteiger charge is 2.11. The molecule has 0 saturated carbocycles. The molecule has 0 aromatic carbocycles. The lowest BCUT2D eigenvalue weighted by Crippen LogP contribution is -2.27. The zero-order valence-corrected chi connectivity index (χ0v) is 12.5. The minimum absolute atomic E-state index is 0.0950. The second kappa shape index (κ2) is 7.67. The highest BCUT2D eigenvalue weighted by Crippen LogP contribution is 2.14. The van der Waals surface area contributed by atoms with Gasteiger partial charge in [-0.1, -0.05) is 5.16 Å². The number of hydrogen-bond acceptors (Lipinski definition) is 5. The standard InChI is InChI=1S/C14H22N2O4/c1-9(2)19-14(18)7-8-15-13(17)6-5-12-10(3)16-20-11(12)4/h9H,5-8H2,1-4H3,(H,15,17). The van der Waals surface area contributed by atoms with Gasteiger partial charge >= 0.3 is 5.97 Å². The summed E-state index contributed by atoms with van der Waals surface area (Å²) >= 11 is 0. The highest BCUT2D eigenvalue weighted by molar-refractivity contribution is 5.77. The Bertz CT molecular complexity index is 446. The molecule has 6 heteroatoms. The van der Waals surface area contributed by atoms with E-state index in [0.29, 0.717) is 19.4 Å². The molecule has 0 fully saturated rings. The van der Waals surface area contributed by atoms with Gasteiger partial charge in [-0.3, -0.25) is 9.59 Å². The van der Waals surface area contributed by atoms with E-state index in [-0.39, 0.29) is 24.4 Å². The lowest BCUT2D eigenvalue weighted by atomic mass is 10.1. The van der Waals surface area contributed by atoms with E-state index >= 15 is 0 Å². The quantitative estimate of drug-likeness (QED) is 0.769. The lowest BCUT2D eigenvalue weighted by molar-refractivity contribution is -0.147. The summed E-state index contributed by atoms with van der Waals surface area (Å²) in [7, 11) is 0. The van der Waals surface area contributed by atoms with E-state index in [0.717, 1.165) is 17.0 Å². The zero-order chi connectivity index (χ0) is 15.1. The van der Waals surface area contributed by atoms with Crippen molar-refractivity contribution < 1.29 is 18.8 Å². The molecule has 0 radical (unpaired) electrons. The number of rotatable bonds is 7. The zero-order valence-electron chi connectivity index (χ0n) is 12.5. The maximum atomic E-state index is 11.7. The molecule has 1 amide bonds. The van der Waals surface area contributed by atoms with E-state index in [1.165, 1.54) is 0 Å². The van der Waals surface area contributed by atoms with E-state index in [4.69, 9.17) is 9.26 Å². The fraction of sp³-hybridized carbons (Fsp3) is 0.643. The van der Waals surface area contributed by atoms with Crippen LogP contribution >= 0.6 is 0 Å². The molecule has 0 aliphatic heterocycles. The molecule has 0 bridgehead atoms. The van der Waals surface area contributed by atoms with Crippen LogP contribution in [0.1, 0.15) is 43.7 Å². The largest absolute Gasteiger partial charge is 0.463 e. The van der Waals surface area contributed by atoms with E-state index in [9.17, 15) is 9.59 Å². The molecule has 0 spiro atoms. The number of carbonyl (C=O) groups is 2. The van der Waals surface area contributed by atoms with Gasteiger partial charge in [-0.2, -0.15) is 0 Å². The summed E-state index contributed by atoms with van der Waals surface area (Å²) in [6.07, 6.45) is 0.999. The molecular formula is C14H22N2O4. The fourth-order valence-corrected chi connectivity index (χ4v) is 1.81. The van der Waals surface area contributed by atoms with Crippen molar-refractivity contribution in [3.63, 3.8) is 0 Å². The van der Waals surface area contributed by atoms with Crippen LogP contribution in [0.25, 0.3) is 0 Å². The third kappa shape index (κ3) is 5.42. The van der Waals surface area contributed by atoms with Crippen LogP contribution in [-0.2, 0) is 20.7 Å². The van der Waals surface area contributed by atoms with Crippen LogP contribution < -0.4 is 5.32 Å². The van der Waals surface area contributed by atoms with E-state index < -0.39 is 0 Å². The first-order valence-corrected chi connectivity index (χ1v) is 6.78. The third-order valence-electron chi connectivity index (χ3n) is 2.80. The van der Waals surface area contributed by atoms with Crippen LogP contribution in [0.4, 0.5) is 0 Å². The lowest BCUT2D eigenvalue weighted by Gasteiger charge is -2.08. The Morgan fingerprint density at radius 2 is 2.00 bits per heavy atom. The van der Waals surface area contributed by atoms with Crippen molar-refractivity contribution >= 4 is 11.9 Å². The molecule has 1 aromatic heterocycles. The highest BCUT2D eigenvalue weighted by atomic mass is 16.5. The number of nitrogens with one attached hydrogen (secondary N) is 1. The molecular weight excluding hydrogens is 260 g/mol. The van der Waals surface area contributed by atoms with Gasteiger partial charge < -0.3 is 14.6 Å². The SMILES string of the molecule is Cc1noc(C)c1CCC(=O)NCCC(=O)OC(C)C. The van der Waals surface area contributed by atoms with Gasteiger partial charge in [0.15, 0.2) is 0 Å². The van der Waals surface area contributed by atoms with Crippen LogP contribution in [0.2, 0.25) is 0 Å². The Morgan fingerprint density at radius 1 is 1.30 bits per heavy atom. The Labute approximate surface area is 118 Å². The molecule has 6 nitrogen and oxygen atoms in total. The third-order valence-corrected chi connectivity index (χ3v) is 2.80.